The largest absolute Gasteiger partial charge is 0.477 e. The summed E-state index contributed by atoms with van der Waals surface area (Å²) in [5.74, 6) is -1.25. The van der Waals surface area contributed by atoms with Crippen LogP contribution in [0.5, 0.6) is 0 Å². The summed E-state index contributed by atoms with van der Waals surface area (Å²) in [5.41, 5.74) is 2.31. The number of para-hydroxylation sites is 1. The van der Waals surface area contributed by atoms with Gasteiger partial charge >= 0.3 is 5.97 Å². The van der Waals surface area contributed by atoms with Crippen molar-refractivity contribution in [2.45, 2.75) is 26.4 Å². The average molecular weight is 337 g/mol. The van der Waals surface area contributed by atoms with E-state index in [0.717, 1.165) is 16.6 Å². The first-order valence-corrected chi connectivity index (χ1v) is 8.11. The van der Waals surface area contributed by atoms with Crippen molar-refractivity contribution in [3.05, 3.63) is 65.6 Å². The Morgan fingerprint density at radius 2 is 1.92 bits per heavy atom. The molecule has 1 aromatic carbocycles. The van der Waals surface area contributed by atoms with E-state index >= 15 is 0 Å². The average Bonchev–Trinajstić information content (AvgIpc) is 2.95. The summed E-state index contributed by atoms with van der Waals surface area (Å²) in [5, 5.41) is 13.2. The third kappa shape index (κ3) is 3.38. The quantitative estimate of drug-likeness (QED) is 0.724. The molecule has 0 unspecified atom stereocenters. The molecule has 128 valence electrons. The number of amides is 1. The van der Waals surface area contributed by atoms with Gasteiger partial charge in [0.05, 0.1) is 18.7 Å². The molecule has 0 aliphatic carbocycles. The second kappa shape index (κ2) is 7.17. The van der Waals surface area contributed by atoms with Crippen LogP contribution in [0.4, 0.5) is 0 Å². The van der Waals surface area contributed by atoms with Gasteiger partial charge in [0.15, 0.2) is 0 Å². The Kier molecular flexibility index (Phi) is 4.79. The summed E-state index contributed by atoms with van der Waals surface area (Å²) in [6.07, 6.45) is 1.68. The second-order valence-electron chi connectivity index (χ2n) is 5.67. The smallest absolute Gasteiger partial charge is 0.352 e. The van der Waals surface area contributed by atoms with E-state index in [9.17, 15) is 14.7 Å². The lowest BCUT2D eigenvalue weighted by Gasteiger charge is -2.07. The third-order valence-corrected chi connectivity index (χ3v) is 4.12. The SMILES string of the molecule is CCn1c(C(=O)O)c(CC(=O)NCc2ccccn2)c2ccccc21. The molecule has 0 saturated heterocycles. The van der Waals surface area contributed by atoms with Gasteiger partial charge in [-0.2, -0.15) is 0 Å². The third-order valence-electron chi connectivity index (χ3n) is 4.12. The molecule has 0 bridgehead atoms. The normalized spacial score (nSPS) is 10.8. The van der Waals surface area contributed by atoms with Gasteiger partial charge in [-0.05, 0) is 25.1 Å². The van der Waals surface area contributed by atoms with Crippen molar-refractivity contribution in [3.8, 4) is 0 Å². The number of pyridine rings is 1. The minimum Gasteiger partial charge on any atom is -0.477 e. The van der Waals surface area contributed by atoms with E-state index in [1.54, 1.807) is 10.8 Å². The first-order chi connectivity index (χ1) is 12.1. The van der Waals surface area contributed by atoms with Crippen LogP contribution in [0.25, 0.3) is 10.9 Å². The number of aromatic carboxylic acids is 1. The van der Waals surface area contributed by atoms with Gasteiger partial charge < -0.3 is 15.0 Å². The van der Waals surface area contributed by atoms with Crippen LogP contribution < -0.4 is 5.32 Å². The van der Waals surface area contributed by atoms with Crippen molar-refractivity contribution in [2.75, 3.05) is 0 Å². The number of carboxylic acids is 1. The molecule has 0 spiro atoms. The molecule has 3 aromatic rings. The summed E-state index contributed by atoms with van der Waals surface area (Å²) < 4.78 is 1.74. The van der Waals surface area contributed by atoms with Gasteiger partial charge in [0, 0.05) is 29.2 Å². The number of carbonyl (C=O) groups is 2. The van der Waals surface area contributed by atoms with Crippen molar-refractivity contribution in [1.82, 2.24) is 14.9 Å². The lowest BCUT2D eigenvalue weighted by molar-refractivity contribution is -0.120. The van der Waals surface area contributed by atoms with Gasteiger partial charge in [-0.1, -0.05) is 24.3 Å². The standard InChI is InChI=1S/C19H19N3O3/c1-2-22-16-9-4-3-8-14(16)15(18(22)19(24)25)11-17(23)21-12-13-7-5-6-10-20-13/h3-10H,2,11-12H2,1H3,(H,21,23)(H,24,25). The fourth-order valence-corrected chi connectivity index (χ4v) is 3.04. The lowest BCUT2D eigenvalue weighted by atomic mass is 10.1. The number of aryl methyl sites for hydroxylation is 1. The van der Waals surface area contributed by atoms with Gasteiger partial charge in [0.25, 0.3) is 0 Å². The van der Waals surface area contributed by atoms with E-state index < -0.39 is 5.97 Å². The highest BCUT2D eigenvalue weighted by Crippen LogP contribution is 2.27. The molecule has 0 fully saturated rings. The predicted octanol–water partition coefficient (Wildman–Crippen LogP) is 2.61. The number of benzene rings is 1. The van der Waals surface area contributed by atoms with Crippen LogP contribution >= 0.6 is 0 Å². The van der Waals surface area contributed by atoms with E-state index in [0.29, 0.717) is 18.7 Å². The van der Waals surface area contributed by atoms with Crippen LogP contribution in [0.1, 0.15) is 28.7 Å². The minimum atomic E-state index is -1.02. The summed E-state index contributed by atoms with van der Waals surface area (Å²) in [6, 6.07) is 12.9. The number of hydrogen-bond acceptors (Lipinski definition) is 3. The molecule has 0 atom stereocenters. The highest BCUT2D eigenvalue weighted by atomic mass is 16.4. The molecule has 2 aromatic heterocycles. The zero-order chi connectivity index (χ0) is 17.8. The van der Waals surface area contributed by atoms with Crippen LogP contribution in [0.3, 0.4) is 0 Å². The highest BCUT2D eigenvalue weighted by molar-refractivity contribution is 6.00. The van der Waals surface area contributed by atoms with Crippen LogP contribution in [-0.4, -0.2) is 26.5 Å². The van der Waals surface area contributed by atoms with Crippen molar-refractivity contribution in [3.63, 3.8) is 0 Å². The first-order valence-electron chi connectivity index (χ1n) is 8.11. The molecular formula is C19H19N3O3. The number of nitrogens with zero attached hydrogens (tertiary/aromatic N) is 2. The van der Waals surface area contributed by atoms with Gasteiger partial charge in [-0.3, -0.25) is 9.78 Å². The Hall–Kier alpha value is -3.15. The number of carbonyl (C=O) groups excluding carboxylic acids is 1. The molecule has 6 heteroatoms. The van der Waals surface area contributed by atoms with Crippen molar-refractivity contribution >= 4 is 22.8 Å². The Labute approximate surface area is 145 Å². The maximum absolute atomic E-state index is 12.4. The lowest BCUT2D eigenvalue weighted by Crippen LogP contribution is -2.25. The van der Waals surface area contributed by atoms with E-state index in [1.807, 2.05) is 49.4 Å². The molecule has 0 saturated carbocycles. The van der Waals surface area contributed by atoms with E-state index in [1.165, 1.54) is 0 Å². The number of rotatable bonds is 6. The molecular weight excluding hydrogens is 318 g/mol. The fourth-order valence-electron chi connectivity index (χ4n) is 3.04. The predicted molar refractivity (Wildman–Crippen MR) is 94.4 cm³/mol. The Morgan fingerprint density at radius 3 is 2.60 bits per heavy atom. The molecule has 1 amide bonds. The number of nitrogens with one attached hydrogen (secondary N) is 1. The van der Waals surface area contributed by atoms with E-state index in [2.05, 4.69) is 10.3 Å². The number of carboxylic acid groups (broad SMARTS) is 1. The first kappa shape index (κ1) is 16.7. The molecule has 0 aliphatic heterocycles. The molecule has 2 N–H and O–H groups in total. The summed E-state index contributed by atoms with van der Waals surface area (Å²) in [4.78, 5) is 28.3. The highest BCUT2D eigenvalue weighted by Gasteiger charge is 2.23. The van der Waals surface area contributed by atoms with E-state index in [-0.39, 0.29) is 18.0 Å². The van der Waals surface area contributed by atoms with Gasteiger partial charge in [0.2, 0.25) is 5.91 Å². The minimum absolute atomic E-state index is 0.0159. The van der Waals surface area contributed by atoms with Crippen LogP contribution in [0.2, 0.25) is 0 Å². The van der Waals surface area contributed by atoms with Gasteiger partial charge in [-0.25, -0.2) is 4.79 Å². The molecule has 6 nitrogen and oxygen atoms in total. The van der Waals surface area contributed by atoms with Gasteiger partial charge in [-0.15, -0.1) is 0 Å². The maximum atomic E-state index is 12.4. The molecule has 25 heavy (non-hydrogen) atoms. The molecule has 0 radical (unpaired) electrons. The van der Waals surface area contributed by atoms with Crippen molar-refractivity contribution in [1.29, 1.82) is 0 Å². The molecule has 0 aliphatic rings. The number of fused-ring (bicyclic) bond motifs is 1. The molecule has 2 heterocycles. The molecule has 3 rings (SSSR count). The van der Waals surface area contributed by atoms with Gasteiger partial charge in [0.1, 0.15) is 5.69 Å². The zero-order valence-electron chi connectivity index (χ0n) is 13.9. The number of aromatic nitrogens is 2. The second-order valence-corrected chi connectivity index (χ2v) is 5.67. The zero-order valence-corrected chi connectivity index (χ0v) is 13.9. The van der Waals surface area contributed by atoms with Crippen molar-refractivity contribution < 1.29 is 14.7 Å². The van der Waals surface area contributed by atoms with Crippen LogP contribution in [0.15, 0.2) is 48.7 Å². The monoisotopic (exact) mass is 337 g/mol. The Balaban J connectivity index is 1.88. The maximum Gasteiger partial charge on any atom is 0.352 e. The van der Waals surface area contributed by atoms with Crippen LogP contribution in [-0.2, 0) is 24.3 Å². The van der Waals surface area contributed by atoms with Crippen molar-refractivity contribution in [2.24, 2.45) is 0 Å². The Bertz CT molecular complexity index is 916. The topological polar surface area (TPSA) is 84.2 Å². The summed E-state index contributed by atoms with van der Waals surface area (Å²) >= 11 is 0. The Morgan fingerprint density at radius 1 is 1.16 bits per heavy atom. The summed E-state index contributed by atoms with van der Waals surface area (Å²) in [6.45, 7) is 2.73. The number of hydrogen-bond donors (Lipinski definition) is 2. The van der Waals surface area contributed by atoms with E-state index in [4.69, 9.17) is 0 Å². The van der Waals surface area contributed by atoms with Crippen LogP contribution in [0, 0.1) is 0 Å². The summed E-state index contributed by atoms with van der Waals surface area (Å²) in [7, 11) is 0. The fraction of sp³-hybridized carbons (Fsp3) is 0.211.